The lowest BCUT2D eigenvalue weighted by Crippen LogP contribution is -2.46. The number of nitrogens with zero attached hydrogens (tertiary/aromatic N) is 1. The first-order valence-corrected chi connectivity index (χ1v) is 5.10. The monoisotopic (exact) mass is 202 g/mol. The molecule has 4 heteroatoms. The van der Waals surface area contributed by atoms with Crippen molar-refractivity contribution in [3.8, 4) is 0 Å². The fourth-order valence-corrected chi connectivity index (χ4v) is 1.59. The summed E-state index contributed by atoms with van der Waals surface area (Å²) in [7, 11) is 1.83. The zero-order valence-corrected chi connectivity index (χ0v) is 9.14. The van der Waals surface area contributed by atoms with Gasteiger partial charge >= 0.3 is 0 Å². The summed E-state index contributed by atoms with van der Waals surface area (Å²) in [5.41, 5.74) is -1.66. The molecule has 1 N–H and O–H groups in total. The van der Waals surface area contributed by atoms with Gasteiger partial charge in [-0.25, -0.2) is 4.39 Å². The van der Waals surface area contributed by atoms with Crippen LogP contribution in [-0.4, -0.2) is 43.2 Å². The van der Waals surface area contributed by atoms with E-state index in [4.69, 9.17) is 0 Å². The minimum atomic E-state index is -1.66. The molecule has 0 aliphatic carbocycles. The van der Waals surface area contributed by atoms with E-state index in [1.165, 1.54) is 0 Å². The highest BCUT2D eigenvalue weighted by atomic mass is 19.1. The minimum Gasteiger partial charge on any atom is -0.353 e. The molecular formula is C10H19FN2O. The van der Waals surface area contributed by atoms with Crippen molar-refractivity contribution in [1.82, 2.24) is 10.2 Å². The molecule has 14 heavy (non-hydrogen) atoms. The van der Waals surface area contributed by atoms with E-state index < -0.39 is 11.6 Å². The van der Waals surface area contributed by atoms with E-state index in [2.05, 4.69) is 5.32 Å². The molecule has 0 saturated carbocycles. The van der Waals surface area contributed by atoms with Crippen LogP contribution >= 0.6 is 0 Å². The van der Waals surface area contributed by atoms with Gasteiger partial charge in [-0.05, 0) is 13.0 Å². The molecule has 0 aromatic heterocycles. The maximum absolute atomic E-state index is 14.0. The second-order valence-electron chi connectivity index (χ2n) is 4.56. The van der Waals surface area contributed by atoms with Crippen molar-refractivity contribution in [2.45, 2.75) is 25.9 Å². The van der Waals surface area contributed by atoms with Gasteiger partial charge in [0.1, 0.15) is 0 Å². The quantitative estimate of drug-likeness (QED) is 0.734. The van der Waals surface area contributed by atoms with Crippen molar-refractivity contribution in [1.29, 1.82) is 0 Å². The van der Waals surface area contributed by atoms with Crippen LogP contribution in [0.2, 0.25) is 0 Å². The zero-order chi connectivity index (χ0) is 10.8. The molecule has 1 amide bonds. The van der Waals surface area contributed by atoms with Crippen molar-refractivity contribution in [3.05, 3.63) is 0 Å². The summed E-state index contributed by atoms with van der Waals surface area (Å²) in [6.45, 7) is 5.41. The summed E-state index contributed by atoms with van der Waals surface area (Å²) < 4.78 is 14.0. The van der Waals surface area contributed by atoms with Gasteiger partial charge < -0.3 is 10.2 Å². The number of alkyl halides is 1. The average molecular weight is 202 g/mol. The Balaban J connectivity index is 2.43. The number of hydrogen-bond donors (Lipinski definition) is 1. The van der Waals surface area contributed by atoms with Crippen molar-refractivity contribution >= 4 is 5.91 Å². The molecule has 1 aliphatic rings. The first kappa shape index (κ1) is 11.4. The van der Waals surface area contributed by atoms with Crippen molar-refractivity contribution in [2.24, 2.45) is 5.92 Å². The van der Waals surface area contributed by atoms with Gasteiger partial charge in [0.15, 0.2) is 0 Å². The number of likely N-dealkylation sites (tertiary alicyclic amines) is 1. The summed E-state index contributed by atoms with van der Waals surface area (Å²) in [6, 6.07) is 0. The van der Waals surface area contributed by atoms with Crippen LogP contribution in [0.4, 0.5) is 4.39 Å². The van der Waals surface area contributed by atoms with Gasteiger partial charge in [-0.1, -0.05) is 13.8 Å². The summed E-state index contributed by atoms with van der Waals surface area (Å²) in [6.07, 6.45) is 0.313. The number of amides is 1. The molecule has 0 radical (unpaired) electrons. The maximum Gasteiger partial charge on any atom is 0.259 e. The fraction of sp³-hybridized carbons (Fsp3) is 0.900. The van der Waals surface area contributed by atoms with Crippen molar-refractivity contribution in [3.63, 3.8) is 0 Å². The summed E-state index contributed by atoms with van der Waals surface area (Å²) >= 11 is 0. The highest BCUT2D eigenvalue weighted by molar-refractivity contribution is 5.85. The molecule has 0 bridgehead atoms. The predicted octanol–water partition coefficient (Wildman–Crippen LogP) is 0.802. The van der Waals surface area contributed by atoms with E-state index >= 15 is 0 Å². The molecule has 0 aromatic carbocycles. The van der Waals surface area contributed by atoms with E-state index in [0.717, 1.165) is 0 Å². The highest BCUT2D eigenvalue weighted by Gasteiger charge is 2.43. The van der Waals surface area contributed by atoms with Crippen molar-refractivity contribution in [2.75, 3.05) is 26.7 Å². The Morgan fingerprint density at radius 2 is 2.29 bits per heavy atom. The number of halogens is 1. The second-order valence-corrected chi connectivity index (χ2v) is 4.56. The second kappa shape index (κ2) is 4.26. The molecule has 3 nitrogen and oxygen atoms in total. The average Bonchev–Trinajstić information content (AvgIpc) is 2.43. The highest BCUT2D eigenvalue weighted by Crippen LogP contribution is 2.24. The smallest absolute Gasteiger partial charge is 0.259 e. The molecule has 82 valence electrons. The molecule has 1 heterocycles. The molecule has 1 saturated heterocycles. The van der Waals surface area contributed by atoms with E-state index in [1.807, 2.05) is 25.8 Å². The van der Waals surface area contributed by atoms with Gasteiger partial charge in [0.25, 0.3) is 5.91 Å². The summed E-state index contributed by atoms with van der Waals surface area (Å²) in [5.74, 6) is -0.0859. The van der Waals surface area contributed by atoms with Crippen LogP contribution in [0.3, 0.4) is 0 Å². The van der Waals surface area contributed by atoms with Gasteiger partial charge in [-0.3, -0.25) is 4.79 Å². The van der Waals surface area contributed by atoms with Crippen LogP contribution in [0.5, 0.6) is 0 Å². The molecule has 1 aliphatic heterocycles. The Bertz CT molecular complexity index is 220. The van der Waals surface area contributed by atoms with Crippen molar-refractivity contribution < 1.29 is 9.18 Å². The standard InChI is InChI=1S/C10H19FN2O/c1-8(2)6-12-9(14)10(11)4-5-13(3)7-10/h8H,4-7H2,1-3H3,(H,12,14)/t10-/m0/s1. The first-order chi connectivity index (χ1) is 6.44. The third-order valence-electron chi connectivity index (χ3n) is 2.49. The summed E-state index contributed by atoms with van der Waals surface area (Å²) in [4.78, 5) is 13.3. The Kier molecular flexibility index (Phi) is 3.48. The Morgan fingerprint density at radius 3 is 2.71 bits per heavy atom. The van der Waals surface area contributed by atoms with Crippen LogP contribution in [0.15, 0.2) is 0 Å². The lowest BCUT2D eigenvalue weighted by Gasteiger charge is -2.19. The van der Waals surface area contributed by atoms with E-state index in [1.54, 1.807) is 0 Å². The molecule has 0 aromatic rings. The zero-order valence-electron chi connectivity index (χ0n) is 9.14. The third kappa shape index (κ3) is 2.67. The number of nitrogens with one attached hydrogen (secondary N) is 1. The topological polar surface area (TPSA) is 32.3 Å². The van der Waals surface area contributed by atoms with Crippen LogP contribution in [0, 0.1) is 5.92 Å². The van der Waals surface area contributed by atoms with E-state index in [9.17, 15) is 9.18 Å². The number of carbonyl (C=O) groups excluding carboxylic acids is 1. The Hall–Kier alpha value is -0.640. The van der Waals surface area contributed by atoms with Crippen LogP contribution in [-0.2, 0) is 4.79 Å². The van der Waals surface area contributed by atoms with Gasteiger partial charge in [0, 0.05) is 26.1 Å². The van der Waals surface area contributed by atoms with Gasteiger partial charge in [0.05, 0.1) is 0 Å². The first-order valence-electron chi connectivity index (χ1n) is 5.10. The lowest BCUT2D eigenvalue weighted by atomic mass is 10.0. The largest absolute Gasteiger partial charge is 0.353 e. The maximum atomic E-state index is 14.0. The molecule has 1 atom stereocenters. The van der Waals surface area contributed by atoms with E-state index in [-0.39, 0.29) is 6.54 Å². The molecular weight excluding hydrogens is 183 g/mol. The molecule has 1 rings (SSSR count). The number of hydrogen-bond acceptors (Lipinski definition) is 2. The molecule has 1 fully saturated rings. The third-order valence-corrected chi connectivity index (χ3v) is 2.49. The normalized spacial score (nSPS) is 28.4. The van der Waals surface area contributed by atoms with Gasteiger partial charge in [-0.15, -0.1) is 0 Å². The SMILES string of the molecule is CC(C)CNC(=O)[C@]1(F)CCN(C)C1. The van der Waals surface area contributed by atoms with Crippen LogP contribution in [0.25, 0.3) is 0 Å². The van der Waals surface area contributed by atoms with Crippen LogP contribution in [0.1, 0.15) is 20.3 Å². The van der Waals surface area contributed by atoms with E-state index in [0.29, 0.717) is 25.4 Å². The van der Waals surface area contributed by atoms with Gasteiger partial charge in [0.2, 0.25) is 5.67 Å². The predicted molar refractivity (Wildman–Crippen MR) is 53.8 cm³/mol. The number of rotatable bonds is 3. The molecule has 0 unspecified atom stereocenters. The van der Waals surface area contributed by atoms with Crippen LogP contribution < -0.4 is 5.32 Å². The Morgan fingerprint density at radius 1 is 1.64 bits per heavy atom. The minimum absolute atomic E-state index is 0.219. The van der Waals surface area contributed by atoms with Gasteiger partial charge in [-0.2, -0.15) is 0 Å². The summed E-state index contributed by atoms with van der Waals surface area (Å²) in [5, 5.41) is 2.64. The lowest BCUT2D eigenvalue weighted by molar-refractivity contribution is -0.132. The molecule has 0 spiro atoms. The fourth-order valence-electron chi connectivity index (χ4n) is 1.59. The number of carbonyl (C=O) groups is 1. The Labute approximate surface area is 84.7 Å².